The Hall–Kier alpha value is -2.13. The number of likely N-dealkylation sites (tertiary alicyclic amines) is 1. The highest BCUT2D eigenvalue weighted by molar-refractivity contribution is 5.88. The number of unbranched alkanes of at least 4 members (excludes halogenated alkanes) is 2. The normalized spacial score (nSPS) is 27.5. The van der Waals surface area contributed by atoms with Crippen molar-refractivity contribution < 1.29 is 10.1 Å². The van der Waals surface area contributed by atoms with E-state index in [0.717, 1.165) is 18.6 Å². The van der Waals surface area contributed by atoms with E-state index < -0.39 is 0 Å². The summed E-state index contributed by atoms with van der Waals surface area (Å²) < 4.78 is 0. The molecular formula is C23H31N2O+. The highest BCUT2D eigenvalue weighted by Crippen LogP contribution is 2.34. The van der Waals surface area contributed by atoms with Crippen LogP contribution < -0.4 is 4.90 Å². The number of benzene rings is 2. The zero-order valence-electron chi connectivity index (χ0n) is 15.9. The Balaban J connectivity index is 1.97. The van der Waals surface area contributed by atoms with Gasteiger partial charge in [0.05, 0.1) is 18.7 Å². The predicted molar refractivity (Wildman–Crippen MR) is 107 cm³/mol. The lowest BCUT2D eigenvalue weighted by molar-refractivity contribution is -0.949. The van der Waals surface area contributed by atoms with Crippen LogP contribution in [0.5, 0.6) is 0 Å². The first-order valence-electron chi connectivity index (χ1n) is 9.90. The van der Waals surface area contributed by atoms with Crippen LogP contribution in [0.3, 0.4) is 0 Å². The third-order valence-corrected chi connectivity index (χ3v) is 5.89. The molecule has 3 nitrogen and oxygen atoms in total. The molecule has 4 atom stereocenters. The molecule has 3 heteroatoms. The van der Waals surface area contributed by atoms with E-state index in [4.69, 9.17) is 0 Å². The van der Waals surface area contributed by atoms with Gasteiger partial charge in [0, 0.05) is 17.5 Å². The molecule has 2 aromatic rings. The van der Waals surface area contributed by atoms with Gasteiger partial charge < -0.3 is 10.1 Å². The van der Waals surface area contributed by atoms with Gasteiger partial charge in [0.1, 0.15) is 12.1 Å². The summed E-state index contributed by atoms with van der Waals surface area (Å²) >= 11 is 0. The maximum Gasteiger partial charge on any atom is 0.122 e. The summed E-state index contributed by atoms with van der Waals surface area (Å²) in [5.41, 5.74) is 3.63. The predicted octanol–water partition coefficient (Wildman–Crippen LogP) is 4.41. The van der Waals surface area contributed by atoms with Crippen LogP contribution in [0.1, 0.15) is 62.2 Å². The van der Waals surface area contributed by atoms with Crippen molar-refractivity contribution in [1.29, 1.82) is 0 Å². The maximum atomic E-state index is 9.81. The number of hydrogen-bond acceptors (Lipinski definition) is 2. The molecule has 138 valence electrons. The summed E-state index contributed by atoms with van der Waals surface area (Å²) in [5.74, 6) is 0.300. The van der Waals surface area contributed by atoms with E-state index in [-0.39, 0.29) is 0 Å². The minimum Gasteiger partial charge on any atom is -0.411 e. The Bertz CT molecular complexity index is 699. The molecule has 0 spiro atoms. The Morgan fingerprint density at radius 1 is 0.962 bits per heavy atom. The van der Waals surface area contributed by atoms with Crippen LogP contribution in [-0.4, -0.2) is 18.0 Å². The Morgan fingerprint density at radius 2 is 1.58 bits per heavy atom. The third-order valence-electron chi connectivity index (χ3n) is 5.89. The van der Waals surface area contributed by atoms with Crippen LogP contribution >= 0.6 is 0 Å². The quantitative estimate of drug-likeness (QED) is 0.451. The Labute approximate surface area is 157 Å². The molecule has 26 heavy (non-hydrogen) atoms. The van der Waals surface area contributed by atoms with E-state index in [2.05, 4.69) is 79.8 Å². The Morgan fingerprint density at radius 3 is 2.15 bits per heavy atom. The first-order valence-corrected chi connectivity index (χ1v) is 9.90. The fourth-order valence-corrected chi connectivity index (χ4v) is 4.53. The first-order chi connectivity index (χ1) is 12.8. The molecule has 0 aliphatic carbocycles. The fraction of sp³-hybridized carbons (Fsp3) is 0.435. The van der Waals surface area contributed by atoms with Gasteiger partial charge in [-0.05, 0) is 6.42 Å². The molecule has 0 radical (unpaired) electrons. The zero-order valence-corrected chi connectivity index (χ0v) is 15.9. The molecule has 0 amide bonds. The third kappa shape index (κ3) is 3.99. The van der Waals surface area contributed by atoms with Crippen LogP contribution in [-0.2, 0) is 0 Å². The van der Waals surface area contributed by atoms with Gasteiger partial charge in [0.2, 0.25) is 0 Å². The fourth-order valence-electron chi connectivity index (χ4n) is 4.53. The van der Waals surface area contributed by atoms with Crippen molar-refractivity contribution in [3.63, 3.8) is 0 Å². The van der Waals surface area contributed by atoms with E-state index >= 15 is 0 Å². The van der Waals surface area contributed by atoms with E-state index in [1.807, 2.05) is 0 Å². The number of hydrogen-bond donors (Lipinski definition) is 2. The van der Waals surface area contributed by atoms with Crippen molar-refractivity contribution in [2.45, 2.75) is 51.1 Å². The van der Waals surface area contributed by atoms with Crippen molar-refractivity contribution >= 4 is 5.71 Å². The minimum absolute atomic E-state index is 0.300. The monoisotopic (exact) mass is 351 g/mol. The SMILES string of the molecule is CCCCC[C@H]1C(=NO)C[C@@H](c2ccccc2)[NH+](C)[C@H]1c1ccccc1. The van der Waals surface area contributed by atoms with Crippen molar-refractivity contribution in [3.8, 4) is 0 Å². The van der Waals surface area contributed by atoms with Crippen molar-refractivity contribution in [2.75, 3.05) is 7.05 Å². The largest absolute Gasteiger partial charge is 0.411 e. The molecular weight excluding hydrogens is 320 g/mol. The highest BCUT2D eigenvalue weighted by atomic mass is 16.4. The summed E-state index contributed by atoms with van der Waals surface area (Å²) in [6, 6.07) is 22.0. The van der Waals surface area contributed by atoms with E-state index in [1.54, 1.807) is 0 Å². The van der Waals surface area contributed by atoms with Crippen LogP contribution in [0.15, 0.2) is 65.8 Å². The lowest BCUT2D eigenvalue weighted by atomic mass is 9.76. The molecule has 1 saturated heterocycles. The van der Waals surface area contributed by atoms with Gasteiger partial charge in [0.25, 0.3) is 0 Å². The van der Waals surface area contributed by atoms with E-state index in [9.17, 15) is 5.21 Å². The second kappa shape index (κ2) is 9.00. The summed E-state index contributed by atoms with van der Waals surface area (Å²) in [5, 5.41) is 13.6. The van der Waals surface area contributed by atoms with Gasteiger partial charge in [-0.3, -0.25) is 0 Å². The van der Waals surface area contributed by atoms with Crippen LogP contribution in [0.2, 0.25) is 0 Å². The maximum absolute atomic E-state index is 9.81. The zero-order chi connectivity index (χ0) is 18.4. The molecule has 1 fully saturated rings. The second-order valence-electron chi connectivity index (χ2n) is 7.49. The molecule has 3 rings (SSSR count). The standard InChI is InChI=1S/C23H30N2O/c1-3-4-7-16-20-21(24-26)17-22(18-12-8-5-9-13-18)25(2)23(20)19-14-10-6-11-15-19/h5-6,8-15,20,22-23,26H,3-4,7,16-17H2,1-2H3/p+1/t20-,22-,23-/m0/s1. The average molecular weight is 352 g/mol. The number of oxime groups is 1. The molecule has 1 aliphatic rings. The van der Waals surface area contributed by atoms with E-state index in [0.29, 0.717) is 18.0 Å². The molecule has 0 bridgehead atoms. The Kier molecular flexibility index (Phi) is 6.45. The number of rotatable bonds is 6. The van der Waals surface area contributed by atoms with Crippen LogP contribution in [0.25, 0.3) is 0 Å². The average Bonchev–Trinajstić information content (AvgIpc) is 2.70. The summed E-state index contributed by atoms with van der Waals surface area (Å²) in [4.78, 5) is 1.50. The lowest BCUT2D eigenvalue weighted by Gasteiger charge is -2.42. The minimum atomic E-state index is 0.300. The number of nitrogens with zero attached hydrogens (tertiary/aromatic N) is 1. The highest BCUT2D eigenvalue weighted by Gasteiger charge is 2.44. The van der Waals surface area contributed by atoms with E-state index in [1.165, 1.54) is 35.3 Å². The van der Waals surface area contributed by atoms with Crippen molar-refractivity contribution in [1.82, 2.24) is 0 Å². The first kappa shape index (κ1) is 18.7. The lowest BCUT2D eigenvalue weighted by Crippen LogP contribution is -3.11. The summed E-state index contributed by atoms with van der Waals surface area (Å²) in [7, 11) is 2.30. The molecule has 1 heterocycles. The summed E-state index contributed by atoms with van der Waals surface area (Å²) in [6.07, 6.45) is 5.55. The van der Waals surface area contributed by atoms with Crippen molar-refractivity contribution in [3.05, 3.63) is 71.8 Å². The molecule has 0 aromatic heterocycles. The summed E-state index contributed by atoms with van der Waals surface area (Å²) in [6.45, 7) is 2.24. The number of nitrogens with one attached hydrogen (secondary N) is 1. The van der Waals surface area contributed by atoms with Gasteiger partial charge in [-0.2, -0.15) is 0 Å². The van der Waals surface area contributed by atoms with Gasteiger partial charge in [-0.15, -0.1) is 0 Å². The van der Waals surface area contributed by atoms with Gasteiger partial charge in [-0.25, -0.2) is 0 Å². The topological polar surface area (TPSA) is 37.0 Å². The molecule has 0 saturated carbocycles. The van der Waals surface area contributed by atoms with Gasteiger partial charge in [-0.1, -0.05) is 92.0 Å². The molecule has 2 N–H and O–H groups in total. The second-order valence-corrected chi connectivity index (χ2v) is 7.49. The van der Waals surface area contributed by atoms with Crippen LogP contribution in [0.4, 0.5) is 0 Å². The van der Waals surface area contributed by atoms with Crippen molar-refractivity contribution in [2.24, 2.45) is 11.1 Å². The smallest absolute Gasteiger partial charge is 0.122 e. The number of quaternary nitrogens is 1. The molecule has 1 unspecified atom stereocenters. The van der Waals surface area contributed by atoms with Gasteiger partial charge in [0.15, 0.2) is 0 Å². The number of piperidine rings is 1. The van der Waals surface area contributed by atoms with Crippen LogP contribution in [0, 0.1) is 5.92 Å². The van der Waals surface area contributed by atoms with Gasteiger partial charge >= 0.3 is 0 Å². The molecule has 2 aromatic carbocycles. The molecule has 1 aliphatic heterocycles.